The molecular weight excluding hydrogens is 472 g/mol. The van der Waals surface area contributed by atoms with Crippen LogP contribution in [0.5, 0.6) is 0 Å². The third kappa shape index (κ3) is 6.01. The highest BCUT2D eigenvalue weighted by Crippen LogP contribution is 2.38. The molecule has 0 aliphatic rings. The minimum absolute atomic E-state index is 0.0235. The summed E-state index contributed by atoms with van der Waals surface area (Å²) in [5.41, 5.74) is 10.4. The summed E-state index contributed by atoms with van der Waals surface area (Å²) in [6.45, 7) is 13.8. The van der Waals surface area contributed by atoms with E-state index in [1.165, 1.54) is 22.3 Å². The van der Waals surface area contributed by atoms with Gasteiger partial charge in [0.25, 0.3) is 0 Å². The van der Waals surface area contributed by atoms with Crippen molar-refractivity contribution >= 4 is 0 Å². The molecule has 0 N–H and O–H groups in total. The number of aromatic nitrogens is 2. The lowest BCUT2D eigenvalue weighted by Gasteiger charge is -2.28. The molecule has 2 aromatic heterocycles. The molecule has 5 rings (SSSR count). The van der Waals surface area contributed by atoms with Crippen LogP contribution in [0, 0.1) is 0 Å². The second-order valence-corrected chi connectivity index (χ2v) is 12.4. The Morgan fingerprint density at radius 2 is 1.13 bits per heavy atom. The van der Waals surface area contributed by atoms with Gasteiger partial charge in [0.05, 0.1) is 23.0 Å². The van der Waals surface area contributed by atoms with E-state index in [0.29, 0.717) is 0 Å². The third-order valence-electron chi connectivity index (χ3n) is 7.34. The third-order valence-corrected chi connectivity index (χ3v) is 7.34. The molecule has 0 saturated carbocycles. The Morgan fingerprint density at radius 1 is 0.513 bits per heavy atom. The van der Waals surface area contributed by atoms with Gasteiger partial charge in [-0.2, -0.15) is 0 Å². The average molecular weight is 511 g/mol. The minimum atomic E-state index is -0.0271. The molecule has 39 heavy (non-hydrogen) atoms. The van der Waals surface area contributed by atoms with Crippen molar-refractivity contribution in [2.75, 3.05) is 0 Å². The summed E-state index contributed by atoms with van der Waals surface area (Å²) in [7, 11) is 0. The summed E-state index contributed by atoms with van der Waals surface area (Å²) < 4.78 is 0. The van der Waals surface area contributed by atoms with Gasteiger partial charge in [0, 0.05) is 17.3 Å². The number of pyridine rings is 2. The Balaban J connectivity index is 1.75. The molecule has 3 aromatic carbocycles. The van der Waals surface area contributed by atoms with Crippen LogP contribution in [-0.2, 0) is 10.8 Å². The van der Waals surface area contributed by atoms with Gasteiger partial charge in [0.15, 0.2) is 0 Å². The van der Waals surface area contributed by atoms with E-state index in [4.69, 9.17) is 4.98 Å². The van der Waals surface area contributed by atoms with Gasteiger partial charge in [0.2, 0.25) is 0 Å². The van der Waals surface area contributed by atoms with Crippen LogP contribution >= 0.6 is 0 Å². The van der Waals surface area contributed by atoms with E-state index in [1.807, 2.05) is 24.4 Å². The lowest BCUT2D eigenvalue weighted by molar-refractivity contribution is 0.566. The molecule has 0 saturated heterocycles. The van der Waals surface area contributed by atoms with Crippen molar-refractivity contribution in [3.63, 3.8) is 0 Å². The van der Waals surface area contributed by atoms with E-state index in [0.717, 1.165) is 28.2 Å². The van der Waals surface area contributed by atoms with E-state index < -0.39 is 0 Å². The summed E-state index contributed by atoms with van der Waals surface area (Å²) in [5, 5.41) is 0. The maximum atomic E-state index is 5.27. The zero-order valence-corrected chi connectivity index (χ0v) is 23.9. The van der Waals surface area contributed by atoms with Crippen LogP contribution in [0.2, 0.25) is 0 Å². The lowest BCUT2D eigenvalue weighted by atomic mass is 9.76. The number of hydrogen-bond donors (Lipinski definition) is 0. The second-order valence-electron chi connectivity index (χ2n) is 12.4. The van der Waals surface area contributed by atoms with Crippen LogP contribution in [0.1, 0.15) is 75.4 Å². The Hall–Kier alpha value is -4.04. The molecule has 0 bridgehead atoms. The van der Waals surface area contributed by atoms with Crippen molar-refractivity contribution in [3.05, 3.63) is 143 Å². The van der Waals surface area contributed by atoms with Crippen LogP contribution in [-0.4, -0.2) is 9.97 Å². The molecule has 1 unspecified atom stereocenters. The van der Waals surface area contributed by atoms with Gasteiger partial charge in [-0.3, -0.25) is 9.97 Å². The van der Waals surface area contributed by atoms with Gasteiger partial charge in [-0.05, 0) is 63.4 Å². The van der Waals surface area contributed by atoms with Gasteiger partial charge in [0.1, 0.15) is 0 Å². The molecule has 5 aromatic rings. The summed E-state index contributed by atoms with van der Waals surface area (Å²) in [6.07, 6.45) is 1.85. The molecule has 196 valence electrons. The fourth-order valence-corrected chi connectivity index (χ4v) is 5.01. The standard InChI is InChI=1S/C37H38N2/c1-36(2,3)30-23-29(24-31(25-30)37(4,5)6)35(28-17-12-16-27(22-28)32-18-10-11-21-38-32)34-20-13-19-33(39-34)26-14-8-7-9-15-26/h7-25,35H,1-6H3. The van der Waals surface area contributed by atoms with Crippen molar-refractivity contribution in [2.24, 2.45) is 0 Å². The first-order chi connectivity index (χ1) is 18.6. The van der Waals surface area contributed by atoms with Crippen molar-refractivity contribution in [3.8, 4) is 22.5 Å². The Kier molecular flexibility index (Phi) is 7.23. The fraction of sp³-hybridized carbons (Fsp3) is 0.243. The van der Waals surface area contributed by atoms with Crippen LogP contribution in [0.4, 0.5) is 0 Å². The fourth-order valence-electron chi connectivity index (χ4n) is 5.01. The Bertz CT molecular complexity index is 1440. The zero-order chi connectivity index (χ0) is 27.6. The van der Waals surface area contributed by atoms with E-state index in [-0.39, 0.29) is 16.7 Å². The highest BCUT2D eigenvalue weighted by atomic mass is 14.7. The molecule has 1 atom stereocenters. The monoisotopic (exact) mass is 510 g/mol. The largest absolute Gasteiger partial charge is 0.256 e. The molecule has 0 spiro atoms. The average Bonchev–Trinajstić information content (AvgIpc) is 2.93. The topological polar surface area (TPSA) is 25.8 Å². The van der Waals surface area contributed by atoms with E-state index in [9.17, 15) is 0 Å². The Morgan fingerprint density at radius 3 is 1.77 bits per heavy atom. The molecule has 0 radical (unpaired) electrons. The highest BCUT2D eigenvalue weighted by molar-refractivity contribution is 5.63. The molecule has 2 heteroatoms. The molecule has 0 amide bonds. The van der Waals surface area contributed by atoms with E-state index in [1.54, 1.807) is 0 Å². The SMILES string of the molecule is CC(C)(C)c1cc(C(c2cccc(-c3ccccn3)c2)c2cccc(-c3ccccc3)n2)cc(C(C)(C)C)c1. The van der Waals surface area contributed by atoms with Gasteiger partial charge in [-0.15, -0.1) is 0 Å². The van der Waals surface area contributed by atoms with Gasteiger partial charge < -0.3 is 0 Å². The Labute approximate surface area is 233 Å². The quantitative estimate of drug-likeness (QED) is 0.235. The minimum Gasteiger partial charge on any atom is -0.256 e. The first-order valence-corrected chi connectivity index (χ1v) is 13.8. The van der Waals surface area contributed by atoms with Crippen molar-refractivity contribution in [1.82, 2.24) is 9.97 Å². The van der Waals surface area contributed by atoms with Gasteiger partial charge >= 0.3 is 0 Å². The smallest absolute Gasteiger partial charge is 0.0705 e. The first kappa shape index (κ1) is 26.6. The maximum absolute atomic E-state index is 5.27. The van der Waals surface area contributed by atoms with Gasteiger partial charge in [-0.1, -0.05) is 120 Å². The van der Waals surface area contributed by atoms with Crippen molar-refractivity contribution in [2.45, 2.75) is 58.3 Å². The summed E-state index contributed by atoms with van der Waals surface area (Å²) in [6, 6.07) is 38.9. The van der Waals surface area contributed by atoms with Crippen LogP contribution in [0.15, 0.2) is 115 Å². The maximum Gasteiger partial charge on any atom is 0.0705 e. The number of benzene rings is 3. The number of nitrogens with zero attached hydrogens (tertiary/aromatic N) is 2. The van der Waals surface area contributed by atoms with Crippen molar-refractivity contribution in [1.29, 1.82) is 0 Å². The van der Waals surface area contributed by atoms with E-state index >= 15 is 0 Å². The molecule has 0 aliphatic heterocycles. The molecule has 0 fully saturated rings. The molecule has 0 aliphatic carbocycles. The van der Waals surface area contributed by atoms with Crippen LogP contribution in [0.3, 0.4) is 0 Å². The second kappa shape index (κ2) is 10.6. The van der Waals surface area contributed by atoms with Gasteiger partial charge in [-0.25, -0.2) is 0 Å². The summed E-state index contributed by atoms with van der Waals surface area (Å²) >= 11 is 0. The zero-order valence-electron chi connectivity index (χ0n) is 23.9. The molecule has 2 heterocycles. The van der Waals surface area contributed by atoms with Crippen molar-refractivity contribution < 1.29 is 0 Å². The van der Waals surface area contributed by atoms with Crippen LogP contribution < -0.4 is 0 Å². The molecule has 2 nitrogen and oxygen atoms in total. The first-order valence-electron chi connectivity index (χ1n) is 13.8. The van der Waals surface area contributed by atoms with E-state index in [2.05, 4.69) is 138 Å². The predicted molar refractivity (Wildman–Crippen MR) is 164 cm³/mol. The normalized spacial score (nSPS) is 12.8. The highest BCUT2D eigenvalue weighted by Gasteiger charge is 2.26. The lowest BCUT2D eigenvalue weighted by Crippen LogP contribution is -2.18. The van der Waals surface area contributed by atoms with Crippen LogP contribution in [0.25, 0.3) is 22.5 Å². The summed E-state index contributed by atoms with van der Waals surface area (Å²) in [4.78, 5) is 9.89. The summed E-state index contributed by atoms with van der Waals surface area (Å²) in [5.74, 6) is -0.0271. The molecular formula is C37H38N2. The number of rotatable bonds is 5. The predicted octanol–water partition coefficient (Wildman–Crippen LogP) is 9.59. The number of hydrogen-bond acceptors (Lipinski definition) is 2.